The van der Waals surface area contributed by atoms with Gasteiger partial charge in [-0.15, -0.1) is 0 Å². The zero-order valence-corrected chi connectivity index (χ0v) is 35.3. The van der Waals surface area contributed by atoms with Crippen LogP contribution in [0, 0.1) is 11.8 Å². The van der Waals surface area contributed by atoms with E-state index in [1.807, 2.05) is 30.3 Å². The number of amides is 2. The summed E-state index contributed by atoms with van der Waals surface area (Å²) in [6.45, 7) is 18.0. The lowest BCUT2D eigenvalue weighted by Crippen LogP contribution is -2.36. The maximum Gasteiger partial charge on any atom is 0.407 e. The van der Waals surface area contributed by atoms with Crippen LogP contribution in [0.5, 0.6) is 5.75 Å². The largest absolute Gasteiger partial charge is 0.490 e. The summed E-state index contributed by atoms with van der Waals surface area (Å²) in [5, 5.41) is 5.47. The maximum absolute atomic E-state index is 12.6. The molecule has 0 aliphatic heterocycles. The van der Waals surface area contributed by atoms with E-state index in [1.54, 1.807) is 13.8 Å². The summed E-state index contributed by atoms with van der Waals surface area (Å²) in [5.74, 6) is -0.113. The molecule has 1 aliphatic carbocycles. The number of hydrogen-bond donors (Lipinski definition) is 2. The van der Waals surface area contributed by atoms with Gasteiger partial charge < -0.3 is 48.5 Å². The molecule has 0 saturated heterocycles. The van der Waals surface area contributed by atoms with Crippen molar-refractivity contribution in [2.75, 3.05) is 65.9 Å². The fraction of sp³-hybridized carbons (Fsp3) is 0.614. The number of para-hydroxylation sites is 1. The molecule has 1 fully saturated rings. The van der Waals surface area contributed by atoms with Gasteiger partial charge in [0.05, 0.1) is 26.4 Å². The zero-order chi connectivity index (χ0) is 43.3. The van der Waals surface area contributed by atoms with Crippen LogP contribution >= 0.6 is 0 Å². The smallest absolute Gasteiger partial charge is 0.407 e. The second-order valence-corrected chi connectivity index (χ2v) is 14.8. The molecule has 1 aromatic rings. The van der Waals surface area contributed by atoms with Gasteiger partial charge in [0.1, 0.15) is 19.0 Å². The van der Waals surface area contributed by atoms with E-state index in [0.717, 1.165) is 38.5 Å². The number of rotatable bonds is 30. The van der Waals surface area contributed by atoms with Crippen molar-refractivity contribution >= 4 is 30.1 Å². The lowest BCUT2D eigenvalue weighted by atomic mass is 9.83. The van der Waals surface area contributed by atoms with Crippen LogP contribution in [0.15, 0.2) is 66.8 Å². The molecule has 1 aliphatic rings. The third kappa shape index (κ3) is 24.6. The minimum atomic E-state index is -0.808. The molecular weight excluding hydrogens is 764 g/mol. The highest BCUT2D eigenvalue weighted by Gasteiger charge is 2.24. The number of benzene rings is 1. The van der Waals surface area contributed by atoms with Crippen LogP contribution in [0.2, 0.25) is 0 Å². The second kappa shape index (κ2) is 30.2. The molecule has 330 valence electrons. The number of nitrogens with one attached hydrogen (secondary N) is 2. The van der Waals surface area contributed by atoms with Crippen molar-refractivity contribution in [3.8, 4) is 5.75 Å². The maximum atomic E-state index is 12.6. The van der Waals surface area contributed by atoms with E-state index in [4.69, 9.17) is 37.9 Å². The number of alkyl carbamates (subject to hydrolysis) is 2. The molecule has 2 rings (SSSR count). The second-order valence-electron chi connectivity index (χ2n) is 14.8. The molecule has 0 heterocycles. The van der Waals surface area contributed by atoms with Crippen LogP contribution in [0.4, 0.5) is 9.59 Å². The molecule has 2 unspecified atom stereocenters. The molecule has 15 nitrogen and oxygen atoms in total. The summed E-state index contributed by atoms with van der Waals surface area (Å²) < 4.78 is 44.5. The molecular formula is C44H66N2O13. The monoisotopic (exact) mass is 830 g/mol. The summed E-state index contributed by atoms with van der Waals surface area (Å²) in [6, 6.07) is 9.28. The van der Waals surface area contributed by atoms with Gasteiger partial charge in [0, 0.05) is 43.0 Å². The third-order valence-electron chi connectivity index (χ3n) is 9.10. The first-order valence-electron chi connectivity index (χ1n) is 20.5. The minimum Gasteiger partial charge on any atom is -0.490 e. The Labute approximate surface area is 349 Å². The molecule has 2 amide bonds. The van der Waals surface area contributed by atoms with Gasteiger partial charge in [0.25, 0.3) is 0 Å². The van der Waals surface area contributed by atoms with Crippen LogP contribution in [-0.2, 0) is 47.5 Å². The van der Waals surface area contributed by atoms with Gasteiger partial charge in [-0.05, 0) is 109 Å². The zero-order valence-electron chi connectivity index (χ0n) is 35.3. The molecule has 15 heteroatoms. The van der Waals surface area contributed by atoms with E-state index in [1.165, 1.54) is 6.92 Å². The predicted molar refractivity (Wildman–Crippen MR) is 221 cm³/mol. The number of carbonyl (C=O) groups is 5. The minimum absolute atomic E-state index is 0.0566. The van der Waals surface area contributed by atoms with Gasteiger partial charge in [-0.1, -0.05) is 37.9 Å². The van der Waals surface area contributed by atoms with Gasteiger partial charge in [0.15, 0.2) is 12.2 Å². The van der Waals surface area contributed by atoms with Crippen molar-refractivity contribution in [2.24, 2.45) is 11.8 Å². The van der Waals surface area contributed by atoms with Crippen LogP contribution < -0.4 is 15.4 Å². The quantitative estimate of drug-likeness (QED) is 0.0358. The Bertz CT molecular complexity index is 1460. The molecule has 0 bridgehead atoms. The molecule has 1 saturated carbocycles. The Morgan fingerprint density at radius 3 is 1.44 bits per heavy atom. The fourth-order valence-electron chi connectivity index (χ4n) is 5.68. The first-order valence-corrected chi connectivity index (χ1v) is 20.5. The molecule has 0 radical (unpaired) electrons. The lowest BCUT2D eigenvalue weighted by Gasteiger charge is -2.29. The average Bonchev–Trinajstić information content (AvgIpc) is 3.21. The Morgan fingerprint density at radius 1 is 0.576 bits per heavy atom. The van der Waals surface area contributed by atoms with Gasteiger partial charge in [-0.2, -0.15) is 0 Å². The Morgan fingerprint density at radius 2 is 1.00 bits per heavy atom. The molecule has 2 N–H and O–H groups in total. The van der Waals surface area contributed by atoms with E-state index in [0.29, 0.717) is 87.3 Å². The number of unbranched alkanes of at least 4 members (excludes halogenated alkanes) is 4. The number of ether oxygens (including phenoxy) is 8. The van der Waals surface area contributed by atoms with E-state index in [9.17, 15) is 24.0 Å². The first-order chi connectivity index (χ1) is 28.3. The van der Waals surface area contributed by atoms with Crippen LogP contribution in [-0.4, -0.2) is 108 Å². The molecule has 0 spiro atoms. The summed E-state index contributed by atoms with van der Waals surface area (Å²) in [7, 11) is 0. The standard InChI is InChI=1S/C44H66N2O13/c1-32(2)40(47)54-24-14-8-12-22-45-43(50)58-38(30-56-37-16-10-7-11-17-37)28-52-26-35-18-20-36(21-19-35)27-53-29-39(31-57-42(49)34(5)6)59-44(51)46-23-13-9-15-25-55-41(48)33(3)4/h7,10-11,16-17,35-36,38-39H,1,3,5,8-9,12-15,18-31H2,2,4,6H3,(H,45,50)(H,46,51). The van der Waals surface area contributed by atoms with E-state index in [-0.39, 0.29) is 38.6 Å². The van der Waals surface area contributed by atoms with Crippen molar-refractivity contribution in [1.29, 1.82) is 0 Å². The SMILES string of the molecule is C=C(C)C(=O)OCCCCCNC(=O)OC(COCC1CCC(COCC(COc2ccccc2)OC(=O)NCCCCCOC(=O)C(=C)C)CC1)COC(=O)C(=C)C. The van der Waals surface area contributed by atoms with Crippen LogP contribution in [0.1, 0.15) is 85.0 Å². The van der Waals surface area contributed by atoms with Crippen LogP contribution in [0.3, 0.4) is 0 Å². The molecule has 2 atom stereocenters. The molecule has 1 aromatic carbocycles. The Hall–Kier alpha value is -4.89. The number of esters is 3. The first kappa shape index (κ1) is 50.3. The van der Waals surface area contributed by atoms with Crippen LogP contribution in [0.25, 0.3) is 0 Å². The van der Waals surface area contributed by atoms with Gasteiger partial charge in [-0.25, -0.2) is 24.0 Å². The van der Waals surface area contributed by atoms with Gasteiger partial charge in [-0.3, -0.25) is 0 Å². The summed E-state index contributed by atoms with van der Waals surface area (Å²) in [6.07, 6.45) is 5.27. The van der Waals surface area contributed by atoms with Crippen molar-refractivity contribution < 1.29 is 61.9 Å². The highest BCUT2D eigenvalue weighted by Crippen LogP contribution is 2.29. The highest BCUT2D eigenvalue weighted by atomic mass is 16.6. The average molecular weight is 831 g/mol. The van der Waals surface area contributed by atoms with Crippen molar-refractivity contribution in [1.82, 2.24) is 10.6 Å². The van der Waals surface area contributed by atoms with E-state index in [2.05, 4.69) is 30.4 Å². The summed E-state index contributed by atoms with van der Waals surface area (Å²) in [5.41, 5.74) is 0.947. The third-order valence-corrected chi connectivity index (χ3v) is 9.10. The van der Waals surface area contributed by atoms with Crippen molar-refractivity contribution in [3.63, 3.8) is 0 Å². The number of hydrogen-bond acceptors (Lipinski definition) is 13. The topological polar surface area (TPSA) is 183 Å². The van der Waals surface area contributed by atoms with Crippen molar-refractivity contribution in [3.05, 3.63) is 66.8 Å². The summed E-state index contributed by atoms with van der Waals surface area (Å²) >= 11 is 0. The Kier molecular flexibility index (Phi) is 25.7. The van der Waals surface area contributed by atoms with E-state index < -0.39 is 42.3 Å². The fourth-order valence-corrected chi connectivity index (χ4v) is 5.68. The molecule has 0 aromatic heterocycles. The Balaban J connectivity index is 1.71. The van der Waals surface area contributed by atoms with Gasteiger partial charge >= 0.3 is 30.1 Å². The van der Waals surface area contributed by atoms with Gasteiger partial charge in [0.2, 0.25) is 0 Å². The number of carbonyl (C=O) groups excluding carboxylic acids is 5. The van der Waals surface area contributed by atoms with E-state index >= 15 is 0 Å². The predicted octanol–water partition coefficient (Wildman–Crippen LogP) is 6.79. The highest BCUT2D eigenvalue weighted by molar-refractivity contribution is 5.87. The van der Waals surface area contributed by atoms with Crippen molar-refractivity contribution in [2.45, 2.75) is 97.2 Å². The molecule has 59 heavy (non-hydrogen) atoms. The lowest BCUT2D eigenvalue weighted by molar-refractivity contribution is -0.143. The summed E-state index contributed by atoms with van der Waals surface area (Å²) in [4.78, 5) is 60.0. The normalized spacial score (nSPS) is 15.7.